The van der Waals surface area contributed by atoms with Crippen molar-refractivity contribution in [1.82, 2.24) is 10.3 Å². The predicted molar refractivity (Wildman–Crippen MR) is 56.5 cm³/mol. The highest BCUT2D eigenvalue weighted by Gasteiger charge is 2.06. The number of carbonyl (C=O) groups excluding carboxylic acids is 1. The van der Waals surface area contributed by atoms with Crippen molar-refractivity contribution >= 4 is 17.5 Å². The van der Waals surface area contributed by atoms with E-state index in [2.05, 4.69) is 10.3 Å². The van der Waals surface area contributed by atoms with E-state index in [1.54, 1.807) is 24.5 Å². The molecule has 1 aromatic heterocycles. The van der Waals surface area contributed by atoms with Crippen LogP contribution in [-0.4, -0.2) is 22.8 Å². The summed E-state index contributed by atoms with van der Waals surface area (Å²) in [5.74, 6) is -0.105. The summed E-state index contributed by atoms with van der Waals surface area (Å²) in [6, 6.07) is 3.34. The Morgan fingerprint density at radius 3 is 2.79 bits per heavy atom. The second-order valence-electron chi connectivity index (χ2n) is 2.95. The Bertz CT molecular complexity index is 289. The number of carbonyl (C=O) groups is 1. The third-order valence-electron chi connectivity index (χ3n) is 1.87. The van der Waals surface area contributed by atoms with Gasteiger partial charge in [0.25, 0.3) is 5.91 Å². The lowest BCUT2D eigenvalue weighted by Crippen LogP contribution is -2.29. The molecule has 1 rings (SSSR count). The van der Waals surface area contributed by atoms with Crippen LogP contribution in [0.2, 0.25) is 0 Å². The molecule has 1 aromatic rings. The lowest BCUT2D eigenvalue weighted by molar-refractivity contribution is 0.0953. The van der Waals surface area contributed by atoms with Gasteiger partial charge in [0.05, 0.1) is 5.38 Å². The number of aromatic nitrogens is 1. The zero-order chi connectivity index (χ0) is 10.4. The van der Waals surface area contributed by atoms with Crippen molar-refractivity contribution in [3.8, 4) is 0 Å². The van der Waals surface area contributed by atoms with Gasteiger partial charge in [0, 0.05) is 24.5 Å². The molecule has 1 amide bonds. The molecule has 3 nitrogen and oxygen atoms in total. The molecule has 1 atom stereocenters. The SMILES string of the molecule is CCC(Cl)CNC(=O)c1ccncc1. The zero-order valence-corrected chi connectivity index (χ0v) is 8.79. The minimum absolute atomic E-state index is 0.000729. The number of rotatable bonds is 4. The molecular weight excluding hydrogens is 200 g/mol. The molecule has 0 radical (unpaired) electrons. The Labute approximate surface area is 88.5 Å². The standard InChI is InChI=1S/C10H13ClN2O/c1-2-9(11)7-13-10(14)8-3-5-12-6-4-8/h3-6,9H,2,7H2,1H3,(H,13,14). The quantitative estimate of drug-likeness (QED) is 0.774. The third kappa shape index (κ3) is 3.34. The average Bonchev–Trinajstić information content (AvgIpc) is 2.26. The fourth-order valence-electron chi connectivity index (χ4n) is 0.953. The van der Waals surface area contributed by atoms with Gasteiger partial charge in [-0.2, -0.15) is 0 Å². The van der Waals surface area contributed by atoms with Crippen LogP contribution >= 0.6 is 11.6 Å². The van der Waals surface area contributed by atoms with Gasteiger partial charge in [0.1, 0.15) is 0 Å². The molecule has 1 N–H and O–H groups in total. The molecule has 1 heterocycles. The summed E-state index contributed by atoms with van der Waals surface area (Å²) in [7, 11) is 0. The molecule has 0 aliphatic carbocycles. The van der Waals surface area contributed by atoms with Gasteiger partial charge >= 0.3 is 0 Å². The van der Waals surface area contributed by atoms with E-state index in [0.717, 1.165) is 6.42 Å². The van der Waals surface area contributed by atoms with Crippen LogP contribution in [0, 0.1) is 0 Å². The van der Waals surface area contributed by atoms with Crippen molar-refractivity contribution < 1.29 is 4.79 Å². The van der Waals surface area contributed by atoms with E-state index in [9.17, 15) is 4.79 Å². The minimum Gasteiger partial charge on any atom is -0.351 e. The van der Waals surface area contributed by atoms with Gasteiger partial charge in [-0.25, -0.2) is 0 Å². The fourth-order valence-corrected chi connectivity index (χ4v) is 1.03. The number of nitrogens with one attached hydrogen (secondary N) is 1. The second kappa shape index (κ2) is 5.60. The summed E-state index contributed by atoms with van der Waals surface area (Å²) in [6.07, 6.45) is 4.03. The van der Waals surface area contributed by atoms with Gasteiger partial charge < -0.3 is 5.32 Å². The van der Waals surface area contributed by atoms with E-state index in [-0.39, 0.29) is 11.3 Å². The highest BCUT2D eigenvalue weighted by molar-refractivity contribution is 6.20. The molecule has 0 aromatic carbocycles. The maximum Gasteiger partial charge on any atom is 0.251 e. The molecule has 0 aliphatic rings. The Balaban J connectivity index is 2.44. The highest BCUT2D eigenvalue weighted by atomic mass is 35.5. The van der Waals surface area contributed by atoms with E-state index >= 15 is 0 Å². The molecule has 0 saturated carbocycles. The number of hydrogen-bond donors (Lipinski definition) is 1. The van der Waals surface area contributed by atoms with Crippen LogP contribution in [0.25, 0.3) is 0 Å². The van der Waals surface area contributed by atoms with Gasteiger partial charge in [0.2, 0.25) is 0 Å². The minimum atomic E-state index is -0.105. The topological polar surface area (TPSA) is 42.0 Å². The maximum atomic E-state index is 11.5. The monoisotopic (exact) mass is 212 g/mol. The summed E-state index contributed by atoms with van der Waals surface area (Å²) in [6.45, 7) is 2.48. The van der Waals surface area contributed by atoms with Crippen molar-refractivity contribution in [2.24, 2.45) is 0 Å². The Morgan fingerprint density at radius 1 is 1.57 bits per heavy atom. The van der Waals surface area contributed by atoms with E-state index in [4.69, 9.17) is 11.6 Å². The number of hydrogen-bond acceptors (Lipinski definition) is 2. The van der Waals surface area contributed by atoms with Crippen LogP contribution in [0.4, 0.5) is 0 Å². The molecule has 0 fully saturated rings. The number of pyridine rings is 1. The van der Waals surface area contributed by atoms with E-state index in [1.807, 2.05) is 6.92 Å². The zero-order valence-electron chi connectivity index (χ0n) is 8.03. The number of halogens is 1. The first-order valence-electron chi connectivity index (χ1n) is 4.56. The molecular formula is C10H13ClN2O. The van der Waals surface area contributed by atoms with Crippen molar-refractivity contribution in [2.45, 2.75) is 18.7 Å². The molecule has 14 heavy (non-hydrogen) atoms. The first kappa shape index (κ1) is 11.0. The van der Waals surface area contributed by atoms with Crippen LogP contribution in [-0.2, 0) is 0 Å². The van der Waals surface area contributed by atoms with Crippen molar-refractivity contribution in [3.05, 3.63) is 30.1 Å². The van der Waals surface area contributed by atoms with Crippen LogP contribution in [0.15, 0.2) is 24.5 Å². The summed E-state index contributed by atoms with van der Waals surface area (Å²) >= 11 is 5.87. The summed E-state index contributed by atoms with van der Waals surface area (Å²) in [5, 5.41) is 2.75. The normalized spacial score (nSPS) is 12.1. The first-order valence-corrected chi connectivity index (χ1v) is 5.00. The largest absolute Gasteiger partial charge is 0.351 e. The first-order chi connectivity index (χ1) is 6.74. The third-order valence-corrected chi connectivity index (χ3v) is 2.33. The van der Waals surface area contributed by atoms with Crippen LogP contribution in [0.5, 0.6) is 0 Å². The molecule has 0 saturated heterocycles. The molecule has 0 spiro atoms. The second-order valence-corrected chi connectivity index (χ2v) is 3.57. The van der Waals surface area contributed by atoms with Crippen molar-refractivity contribution in [3.63, 3.8) is 0 Å². The summed E-state index contributed by atoms with van der Waals surface area (Å²) in [5.41, 5.74) is 0.611. The van der Waals surface area contributed by atoms with E-state index in [0.29, 0.717) is 12.1 Å². The van der Waals surface area contributed by atoms with Crippen LogP contribution < -0.4 is 5.32 Å². The number of amides is 1. The van der Waals surface area contributed by atoms with Crippen LogP contribution in [0.1, 0.15) is 23.7 Å². The Kier molecular flexibility index (Phi) is 4.40. The smallest absolute Gasteiger partial charge is 0.251 e. The molecule has 0 bridgehead atoms. The lowest BCUT2D eigenvalue weighted by atomic mass is 10.2. The van der Waals surface area contributed by atoms with E-state index in [1.165, 1.54) is 0 Å². The summed E-state index contributed by atoms with van der Waals surface area (Å²) < 4.78 is 0. The molecule has 76 valence electrons. The van der Waals surface area contributed by atoms with E-state index < -0.39 is 0 Å². The number of alkyl halides is 1. The van der Waals surface area contributed by atoms with Gasteiger partial charge in [-0.1, -0.05) is 6.92 Å². The molecule has 4 heteroatoms. The molecule has 0 aliphatic heterocycles. The summed E-state index contributed by atoms with van der Waals surface area (Å²) in [4.78, 5) is 15.3. The van der Waals surface area contributed by atoms with Crippen LogP contribution in [0.3, 0.4) is 0 Å². The molecule has 1 unspecified atom stereocenters. The van der Waals surface area contributed by atoms with Crippen molar-refractivity contribution in [1.29, 1.82) is 0 Å². The fraction of sp³-hybridized carbons (Fsp3) is 0.400. The van der Waals surface area contributed by atoms with Gasteiger partial charge in [0.15, 0.2) is 0 Å². The highest BCUT2D eigenvalue weighted by Crippen LogP contribution is 2.00. The lowest BCUT2D eigenvalue weighted by Gasteiger charge is -2.07. The van der Waals surface area contributed by atoms with Gasteiger partial charge in [-0.3, -0.25) is 9.78 Å². The number of nitrogens with zero attached hydrogens (tertiary/aromatic N) is 1. The Hall–Kier alpha value is -1.09. The Morgan fingerprint density at radius 2 is 2.21 bits per heavy atom. The average molecular weight is 213 g/mol. The van der Waals surface area contributed by atoms with Gasteiger partial charge in [-0.05, 0) is 18.6 Å². The van der Waals surface area contributed by atoms with Crippen molar-refractivity contribution in [2.75, 3.05) is 6.54 Å². The predicted octanol–water partition coefficient (Wildman–Crippen LogP) is 1.83. The maximum absolute atomic E-state index is 11.5. The van der Waals surface area contributed by atoms with Gasteiger partial charge in [-0.15, -0.1) is 11.6 Å².